The Morgan fingerprint density at radius 2 is 1.49 bits per heavy atom. The van der Waals surface area contributed by atoms with Crippen LogP contribution in [-0.2, 0) is 35.3 Å². The first kappa shape index (κ1) is 21.3. The Labute approximate surface area is 204 Å². The number of carbonyl (C=O) groups excluding carboxylic acids is 2. The van der Waals surface area contributed by atoms with Crippen molar-refractivity contribution >= 4 is 22.8 Å². The summed E-state index contributed by atoms with van der Waals surface area (Å²) in [5.41, 5.74) is 6.44. The van der Waals surface area contributed by atoms with Crippen LogP contribution in [0.3, 0.4) is 0 Å². The number of Topliss-reactive ketones (excluding diaryl/α,β-unsaturated/α-hetero) is 2. The second-order valence-electron chi connectivity index (χ2n) is 10.9. The summed E-state index contributed by atoms with van der Waals surface area (Å²) in [6.07, 6.45) is 6.25. The Morgan fingerprint density at radius 1 is 0.829 bits per heavy atom. The average molecular weight is 472 g/mol. The van der Waals surface area contributed by atoms with Gasteiger partial charge in [0.25, 0.3) is 0 Å². The lowest BCUT2D eigenvalue weighted by Gasteiger charge is -2.37. The molecule has 0 aromatic heterocycles. The van der Waals surface area contributed by atoms with Crippen LogP contribution in [-0.4, -0.2) is 54.1 Å². The fourth-order valence-corrected chi connectivity index (χ4v) is 7.36. The second kappa shape index (κ2) is 7.76. The molecule has 2 N–H and O–H groups in total. The molecule has 0 saturated heterocycles. The van der Waals surface area contributed by atoms with Crippen molar-refractivity contribution in [1.29, 1.82) is 0 Å². The molecule has 2 aromatic rings. The van der Waals surface area contributed by atoms with Crippen molar-refractivity contribution in [1.82, 2.24) is 4.58 Å². The minimum atomic E-state index is -1.41. The summed E-state index contributed by atoms with van der Waals surface area (Å²) < 4.78 is 2.32. The number of aliphatic hydroxyl groups excluding tert-OH is 1. The zero-order valence-electron chi connectivity index (χ0n) is 20.0. The van der Waals surface area contributed by atoms with Gasteiger partial charge in [-0.25, -0.2) is 4.58 Å². The summed E-state index contributed by atoms with van der Waals surface area (Å²) in [6.45, 7) is 4.09. The molecule has 180 valence electrons. The number of phenols is 1. The number of hydrogen-bond acceptors (Lipinski definition) is 5. The van der Waals surface area contributed by atoms with E-state index < -0.39 is 17.8 Å². The van der Waals surface area contributed by atoms with Crippen LogP contribution >= 0.6 is 0 Å². The number of hydrogen-bond donors (Lipinski definition) is 2. The fourth-order valence-electron chi connectivity index (χ4n) is 7.36. The highest BCUT2D eigenvalue weighted by atomic mass is 16.3. The fraction of sp³-hybridized carbons (Fsp3) is 0.483. The van der Waals surface area contributed by atoms with Gasteiger partial charge < -0.3 is 15.1 Å². The standard InChI is InChI=1S/C29H30N2O4/c32-26-20-8-4-12-31-11-3-7-18(25(20)31)15-21(26)23-27(33)22(28(34)29(23)35)19-13-16-5-1-9-30-10-2-6-17(14-19)24(16)30/h13-15,22,28,34H,1-12H2/p+1. The smallest absolute Gasteiger partial charge is 0.210 e. The third-order valence-electron chi connectivity index (χ3n) is 8.84. The summed E-state index contributed by atoms with van der Waals surface area (Å²) >= 11 is 0. The first-order valence-corrected chi connectivity index (χ1v) is 13.2. The SMILES string of the molecule is O=C1C(=c2cc3c4c(c2O)CCC[N+]=4CCC3)C(=O)C(c2cc3c4c(c2)CCCN4CCC3)C1O. The van der Waals surface area contributed by atoms with Crippen LogP contribution in [0, 0.1) is 0 Å². The second-order valence-corrected chi connectivity index (χ2v) is 10.9. The van der Waals surface area contributed by atoms with E-state index in [1.54, 1.807) is 0 Å². The molecule has 4 aliphatic heterocycles. The van der Waals surface area contributed by atoms with Crippen LogP contribution in [0.15, 0.2) is 18.2 Å². The van der Waals surface area contributed by atoms with Gasteiger partial charge in [-0.05, 0) is 61.3 Å². The van der Waals surface area contributed by atoms with Gasteiger partial charge in [0, 0.05) is 42.4 Å². The molecule has 0 spiro atoms. The molecular formula is C29H31N2O4+. The third kappa shape index (κ3) is 3.02. The highest BCUT2D eigenvalue weighted by molar-refractivity contribution is 6.48. The van der Waals surface area contributed by atoms with E-state index in [9.17, 15) is 19.8 Å². The van der Waals surface area contributed by atoms with E-state index in [1.807, 2.05) is 18.2 Å². The van der Waals surface area contributed by atoms with Crippen molar-refractivity contribution in [3.05, 3.63) is 56.6 Å². The van der Waals surface area contributed by atoms with E-state index in [-0.39, 0.29) is 17.1 Å². The van der Waals surface area contributed by atoms with E-state index in [4.69, 9.17) is 0 Å². The monoisotopic (exact) mass is 471 g/mol. The van der Waals surface area contributed by atoms with Crippen molar-refractivity contribution in [3.8, 4) is 5.75 Å². The number of carbonyl (C=O) groups is 2. The molecule has 7 rings (SSSR count). The van der Waals surface area contributed by atoms with Crippen molar-refractivity contribution in [2.75, 3.05) is 31.1 Å². The average Bonchev–Trinajstić information content (AvgIpc) is 3.09. The molecule has 35 heavy (non-hydrogen) atoms. The maximum absolute atomic E-state index is 13.8. The summed E-state index contributed by atoms with van der Waals surface area (Å²) in [7, 11) is 0. The molecular weight excluding hydrogens is 440 g/mol. The summed E-state index contributed by atoms with van der Waals surface area (Å²) in [5.74, 6) is -1.77. The normalized spacial score (nSPS) is 26.7. The lowest BCUT2D eigenvalue weighted by Crippen LogP contribution is -2.44. The minimum Gasteiger partial charge on any atom is -0.507 e. The molecule has 2 aromatic carbocycles. The molecule has 1 fully saturated rings. The first-order chi connectivity index (χ1) is 17.0. The van der Waals surface area contributed by atoms with E-state index in [0.29, 0.717) is 5.22 Å². The molecule has 5 aliphatic rings. The molecule has 0 radical (unpaired) electrons. The predicted molar refractivity (Wildman–Crippen MR) is 132 cm³/mol. The number of aromatic hydroxyl groups is 1. The number of ketones is 2. The Balaban J connectivity index is 1.40. The lowest BCUT2D eigenvalue weighted by atomic mass is 9.85. The number of nitrogens with zero attached hydrogens (tertiary/aromatic N) is 2. The van der Waals surface area contributed by atoms with Crippen molar-refractivity contribution in [3.63, 3.8) is 0 Å². The molecule has 6 heteroatoms. The van der Waals surface area contributed by atoms with Crippen molar-refractivity contribution < 1.29 is 19.8 Å². The molecule has 0 bridgehead atoms. The molecule has 1 saturated carbocycles. The largest absolute Gasteiger partial charge is 0.507 e. The van der Waals surface area contributed by atoms with E-state index >= 15 is 0 Å². The topological polar surface area (TPSA) is 80.8 Å². The number of aryl methyl sites for hydroxylation is 3. The van der Waals surface area contributed by atoms with Crippen LogP contribution in [0.4, 0.5) is 5.69 Å². The van der Waals surface area contributed by atoms with Gasteiger partial charge in [0.05, 0.1) is 17.1 Å². The van der Waals surface area contributed by atoms with Gasteiger partial charge in [0.2, 0.25) is 5.36 Å². The Bertz CT molecular complexity index is 1400. The van der Waals surface area contributed by atoms with Gasteiger partial charge in [0.15, 0.2) is 11.6 Å². The number of phenolic OH excluding ortho intramolecular Hbond substituents is 1. The van der Waals surface area contributed by atoms with E-state index in [0.717, 1.165) is 99.6 Å². The van der Waals surface area contributed by atoms with Gasteiger partial charge in [-0.1, -0.05) is 12.1 Å². The van der Waals surface area contributed by atoms with E-state index in [2.05, 4.69) is 9.48 Å². The maximum Gasteiger partial charge on any atom is 0.210 e. The molecule has 4 heterocycles. The first-order valence-electron chi connectivity index (χ1n) is 13.2. The van der Waals surface area contributed by atoms with Crippen molar-refractivity contribution in [2.45, 2.75) is 63.4 Å². The highest BCUT2D eigenvalue weighted by Crippen LogP contribution is 2.41. The van der Waals surface area contributed by atoms with Crippen LogP contribution in [0.1, 0.15) is 59.4 Å². The molecule has 1 aliphatic carbocycles. The van der Waals surface area contributed by atoms with Crippen LogP contribution in [0.25, 0.3) is 5.57 Å². The molecule has 2 unspecified atom stereocenters. The van der Waals surface area contributed by atoms with Crippen LogP contribution in [0.2, 0.25) is 0 Å². The van der Waals surface area contributed by atoms with Crippen LogP contribution < -0.4 is 20.1 Å². The van der Waals surface area contributed by atoms with Gasteiger partial charge in [-0.15, -0.1) is 0 Å². The predicted octanol–water partition coefficient (Wildman–Crippen LogP) is 0.922. The zero-order chi connectivity index (χ0) is 23.8. The number of rotatable bonds is 1. The quantitative estimate of drug-likeness (QED) is 0.605. The van der Waals surface area contributed by atoms with Gasteiger partial charge in [0.1, 0.15) is 24.9 Å². The minimum absolute atomic E-state index is 0.0188. The lowest BCUT2D eigenvalue weighted by molar-refractivity contribution is -0.121. The Kier molecular flexibility index (Phi) is 4.72. The molecule has 2 atom stereocenters. The van der Waals surface area contributed by atoms with Gasteiger partial charge in [-0.3, -0.25) is 9.59 Å². The number of anilines is 1. The molecule has 6 nitrogen and oxygen atoms in total. The summed E-state index contributed by atoms with van der Waals surface area (Å²) in [5, 5.41) is 23.8. The van der Waals surface area contributed by atoms with Crippen molar-refractivity contribution in [2.24, 2.45) is 0 Å². The Hall–Kier alpha value is -2.99. The highest BCUT2D eigenvalue weighted by Gasteiger charge is 2.47. The van der Waals surface area contributed by atoms with E-state index in [1.165, 1.54) is 16.8 Å². The summed E-state index contributed by atoms with van der Waals surface area (Å²) in [4.78, 5) is 29.6. The van der Waals surface area contributed by atoms with Gasteiger partial charge in [-0.2, -0.15) is 0 Å². The van der Waals surface area contributed by atoms with Gasteiger partial charge >= 0.3 is 0 Å². The zero-order valence-corrected chi connectivity index (χ0v) is 20.0. The number of aliphatic hydroxyl groups is 1. The Morgan fingerprint density at radius 3 is 2.20 bits per heavy atom. The third-order valence-corrected chi connectivity index (χ3v) is 8.84. The summed E-state index contributed by atoms with van der Waals surface area (Å²) in [6, 6.07) is 5.94. The van der Waals surface area contributed by atoms with Crippen LogP contribution in [0.5, 0.6) is 5.75 Å². The molecule has 0 amide bonds. The maximum atomic E-state index is 13.8. The number of benzene rings is 2.